The van der Waals surface area contributed by atoms with E-state index in [0.717, 1.165) is 17.5 Å². The summed E-state index contributed by atoms with van der Waals surface area (Å²) in [5.74, 6) is -0.299. The molecule has 1 rings (SSSR count). The molecule has 0 spiro atoms. The van der Waals surface area contributed by atoms with E-state index >= 15 is 0 Å². The second kappa shape index (κ2) is 5.62. The normalized spacial score (nSPS) is 14.2. The van der Waals surface area contributed by atoms with E-state index in [2.05, 4.69) is 11.4 Å². The third-order valence-electron chi connectivity index (χ3n) is 2.74. The fraction of sp³-hybridized carbons (Fsp3) is 0.462. The zero-order valence-corrected chi connectivity index (χ0v) is 9.92. The second-order valence-corrected chi connectivity index (χ2v) is 4.04. The average molecular weight is 220 g/mol. The number of rotatable bonds is 4. The molecule has 0 heterocycles. The fourth-order valence-corrected chi connectivity index (χ4v) is 1.52. The van der Waals surface area contributed by atoms with Crippen molar-refractivity contribution in [1.29, 1.82) is 5.26 Å². The Hall–Kier alpha value is -1.40. The summed E-state index contributed by atoms with van der Waals surface area (Å²) in [4.78, 5) is 0. The third kappa shape index (κ3) is 3.04. The van der Waals surface area contributed by atoms with Gasteiger partial charge in [-0.2, -0.15) is 5.26 Å². The predicted molar refractivity (Wildman–Crippen MR) is 62.4 cm³/mol. The maximum atomic E-state index is 13.1. The topological polar surface area (TPSA) is 35.8 Å². The van der Waals surface area contributed by atoms with Crippen molar-refractivity contribution in [1.82, 2.24) is 5.32 Å². The van der Waals surface area contributed by atoms with Gasteiger partial charge >= 0.3 is 0 Å². The van der Waals surface area contributed by atoms with Crippen LogP contribution >= 0.6 is 0 Å². The molecule has 0 aliphatic carbocycles. The molecule has 0 saturated heterocycles. The van der Waals surface area contributed by atoms with Crippen molar-refractivity contribution < 1.29 is 4.39 Å². The first kappa shape index (κ1) is 12.7. The van der Waals surface area contributed by atoms with Gasteiger partial charge in [-0.3, -0.25) is 5.32 Å². The smallest absolute Gasteiger partial charge is 0.123 e. The minimum Gasteiger partial charge on any atom is -0.296 e. The van der Waals surface area contributed by atoms with Gasteiger partial charge in [0.05, 0.1) is 6.07 Å². The van der Waals surface area contributed by atoms with Crippen molar-refractivity contribution in [2.75, 3.05) is 0 Å². The van der Waals surface area contributed by atoms with Crippen molar-refractivity contribution in [3.8, 4) is 6.07 Å². The molecule has 0 amide bonds. The van der Waals surface area contributed by atoms with Gasteiger partial charge < -0.3 is 0 Å². The molecule has 0 aliphatic heterocycles. The van der Waals surface area contributed by atoms with Crippen molar-refractivity contribution >= 4 is 0 Å². The summed E-state index contributed by atoms with van der Waals surface area (Å²) in [6.45, 7) is 5.95. The van der Waals surface area contributed by atoms with Gasteiger partial charge in [-0.25, -0.2) is 4.39 Å². The largest absolute Gasteiger partial charge is 0.296 e. The Kier molecular flexibility index (Phi) is 4.45. The van der Waals surface area contributed by atoms with Gasteiger partial charge in [0.25, 0.3) is 0 Å². The quantitative estimate of drug-likeness (QED) is 0.846. The summed E-state index contributed by atoms with van der Waals surface area (Å²) in [7, 11) is 0. The molecule has 1 N–H and O–H groups in total. The van der Waals surface area contributed by atoms with E-state index in [1.165, 1.54) is 12.1 Å². The van der Waals surface area contributed by atoms with Crippen LogP contribution in [0.2, 0.25) is 0 Å². The maximum absolute atomic E-state index is 13.1. The summed E-state index contributed by atoms with van der Waals surface area (Å²) in [5, 5.41) is 12.3. The van der Waals surface area contributed by atoms with Gasteiger partial charge in [-0.1, -0.05) is 13.0 Å². The summed E-state index contributed by atoms with van der Waals surface area (Å²) in [5.41, 5.74) is 1.66. The minimum atomic E-state index is -0.439. The molecule has 2 unspecified atom stereocenters. The van der Waals surface area contributed by atoms with E-state index < -0.39 is 6.04 Å². The highest BCUT2D eigenvalue weighted by molar-refractivity contribution is 5.32. The van der Waals surface area contributed by atoms with Gasteiger partial charge in [0.2, 0.25) is 0 Å². The summed E-state index contributed by atoms with van der Waals surface area (Å²) in [6, 6.07) is 6.52. The van der Waals surface area contributed by atoms with Crippen molar-refractivity contribution in [2.24, 2.45) is 0 Å². The number of nitrogens with zero attached hydrogens (tertiary/aromatic N) is 1. The van der Waals surface area contributed by atoms with Crippen LogP contribution in [0.5, 0.6) is 0 Å². The zero-order chi connectivity index (χ0) is 12.1. The highest BCUT2D eigenvalue weighted by atomic mass is 19.1. The predicted octanol–water partition coefficient (Wildman–Crippen LogP) is 3.09. The highest BCUT2D eigenvalue weighted by Crippen LogP contribution is 2.19. The Balaban J connectivity index is 2.95. The molecule has 16 heavy (non-hydrogen) atoms. The molecule has 0 aliphatic rings. The first-order chi connectivity index (χ1) is 7.58. The highest BCUT2D eigenvalue weighted by Gasteiger charge is 2.15. The van der Waals surface area contributed by atoms with E-state index in [9.17, 15) is 4.39 Å². The number of hydrogen-bond donors (Lipinski definition) is 1. The van der Waals surface area contributed by atoms with Crippen LogP contribution in [0.4, 0.5) is 4.39 Å². The van der Waals surface area contributed by atoms with Crippen LogP contribution in [-0.2, 0) is 0 Å². The molecule has 0 saturated carbocycles. The van der Waals surface area contributed by atoms with Gasteiger partial charge in [0.1, 0.15) is 11.9 Å². The maximum Gasteiger partial charge on any atom is 0.123 e. The first-order valence-electron chi connectivity index (χ1n) is 5.50. The summed E-state index contributed by atoms with van der Waals surface area (Å²) in [6.07, 6.45) is 0.937. The Labute approximate surface area is 96.1 Å². The van der Waals surface area contributed by atoms with Crippen LogP contribution in [0.25, 0.3) is 0 Å². The number of nitrogens with one attached hydrogen (secondary N) is 1. The molecule has 86 valence electrons. The number of hydrogen-bond acceptors (Lipinski definition) is 2. The Morgan fingerprint density at radius 2 is 2.19 bits per heavy atom. The van der Waals surface area contributed by atoms with E-state index in [4.69, 9.17) is 5.26 Å². The van der Waals surface area contributed by atoms with Gasteiger partial charge in [-0.05, 0) is 43.5 Å². The molecule has 2 nitrogen and oxygen atoms in total. The molecule has 3 heteroatoms. The molecule has 2 atom stereocenters. The fourth-order valence-electron chi connectivity index (χ4n) is 1.52. The van der Waals surface area contributed by atoms with E-state index in [1.807, 2.05) is 20.8 Å². The standard InChI is InChI=1S/C13H17FN2/c1-4-10(3)16-13(8-15)12-7-11(14)6-5-9(12)2/h5-7,10,13,16H,4H2,1-3H3. The number of nitriles is 1. The van der Waals surface area contributed by atoms with Crippen molar-refractivity contribution in [2.45, 2.75) is 39.3 Å². The summed E-state index contributed by atoms with van der Waals surface area (Å²) >= 11 is 0. The lowest BCUT2D eigenvalue weighted by molar-refractivity contribution is 0.498. The SMILES string of the molecule is CCC(C)NC(C#N)c1cc(F)ccc1C. The van der Waals surface area contributed by atoms with Crippen LogP contribution in [0.15, 0.2) is 18.2 Å². The van der Waals surface area contributed by atoms with Crippen LogP contribution in [0, 0.1) is 24.1 Å². The van der Waals surface area contributed by atoms with E-state index in [0.29, 0.717) is 0 Å². The first-order valence-corrected chi connectivity index (χ1v) is 5.50. The second-order valence-electron chi connectivity index (χ2n) is 4.04. The Morgan fingerprint density at radius 1 is 1.50 bits per heavy atom. The molecule has 1 aromatic rings. The Bertz CT molecular complexity index is 395. The van der Waals surface area contributed by atoms with Gasteiger partial charge in [0.15, 0.2) is 0 Å². The van der Waals surface area contributed by atoms with E-state index in [1.54, 1.807) is 6.07 Å². The zero-order valence-electron chi connectivity index (χ0n) is 9.92. The number of halogens is 1. The third-order valence-corrected chi connectivity index (χ3v) is 2.74. The Morgan fingerprint density at radius 3 is 2.75 bits per heavy atom. The van der Waals surface area contributed by atoms with Crippen molar-refractivity contribution in [3.05, 3.63) is 35.1 Å². The van der Waals surface area contributed by atoms with Gasteiger partial charge in [-0.15, -0.1) is 0 Å². The van der Waals surface area contributed by atoms with Crippen molar-refractivity contribution in [3.63, 3.8) is 0 Å². The minimum absolute atomic E-state index is 0.243. The van der Waals surface area contributed by atoms with Gasteiger partial charge in [0, 0.05) is 6.04 Å². The average Bonchev–Trinajstić information content (AvgIpc) is 2.29. The lowest BCUT2D eigenvalue weighted by Gasteiger charge is -2.18. The molecule has 0 fully saturated rings. The number of benzene rings is 1. The van der Waals surface area contributed by atoms with Crippen LogP contribution < -0.4 is 5.32 Å². The molecule has 1 aromatic carbocycles. The number of aryl methyl sites for hydroxylation is 1. The molecular formula is C13H17FN2. The van der Waals surface area contributed by atoms with E-state index in [-0.39, 0.29) is 11.9 Å². The van der Waals surface area contributed by atoms with Crippen LogP contribution in [0.1, 0.15) is 37.4 Å². The molecule has 0 bridgehead atoms. The molecular weight excluding hydrogens is 203 g/mol. The summed E-state index contributed by atoms with van der Waals surface area (Å²) < 4.78 is 13.1. The molecule has 0 radical (unpaired) electrons. The monoisotopic (exact) mass is 220 g/mol. The van der Waals surface area contributed by atoms with Crippen LogP contribution in [-0.4, -0.2) is 6.04 Å². The lowest BCUT2D eigenvalue weighted by Crippen LogP contribution is -2.29. The lowest BCUT2D eigenvalue weighted by atomic mass is 10.0. The van der Waals surface area contributed by atoms with Crippen LogP contribution in [0.3, 0.4) is 0 Å². The molecule has 0 aromatic heterocycles.